The molecule has 122 valence electrons. The van der Waals surface area contributed by atoms with Crippen LogP contribution in [0.3, 0.4) is 0 Å². The fraction of sp³-hybridized carbons (Fsp3) is 0.308. The lowest BCUT2D eigenvalue weighted by atomic mass is 10.3. The summed E-state index contributed by atoms with van der Waals surface area (Å²) in [7, 11) is 0. The maximum absolute atomic E-state index is 12.0. The van der Waals surface area contributed by atoms with Gasteiger partial charge in [-0.1, -0.05) is 11.3 Å². The Balaban J connectivity index is 1.54. The summed E-state index contributed by atoms with van der Waals surface area (Å²) in [6.45, 7) is 0. The predicted molar refractivity (Wildman–Crippen MR) is 77.7 cm³/mol. The summed E-state index contributed by atoms with van der Waals surface area (Å²) < 4.78 is 39.9. The van der Waals surface area contributed by atoms with Crippen molar-refractivity contribution in [2.75, 3.05) is 10.6 Å². The first-order chi connectivity index (χ1) is 10.9. The SMILES string of the molecule is O=C(Nc1ccc(OC(F)(F)F)cc1)Nc1nnc(C2CC2)s1. The van der Waals surface area contributed by atoms with Crippen molar-refractivity contribution >= 4 is 28.2 Å². The molecule has 1 heterocycles. The number of carbonyl (C=O) groups is 1. The van der Waals surface area contributed by atoms with E-state index in [9.17, 15) is 18.0 Å². The number of benzene rings is 1. The third-order valence-electron chi connectivity index (χ3n) is 2.93. The van der Waals surface area contributed by atoms with E-state index < -0.39 is 12.4 Å². The topological polar surface area (TPSA) is 76.1 Å². The maximum Gasteiger partial charge on any atom is 0.573 e. The van der Waals surface area contributed by atoms with Crippen LogP contribution in [0.5, 0.6) is 5.75 Å². The summed E-state index contributed by atoms with van der Waals surface area (Å²) in [5.41, 5.74) is 0.323. The molecule has 0 aliphatic heterocycles. The number of rotatable bonds is 4. The molecule has 2 N–H and O–H groups in total. The van der Waals surface area contributed by atoms with Gasteiger partial charge < -0.3 is 10.1 Å². The van der Waals surface area contributed by atoms with E-state index in [4.69, 9.17) is 0 Å². The van der Waals surface area contributed by atoms with Gasteiger partial charge in [0.25, 0.3) is 0 Å². The number of anilines is 2. The number of nitrogens with one attached hydrogen (secondary N) is 2. The molecular formula is C13H11F3N4O2S. The Hall–Kier alpha value is -2.36. The van der Waals surface area contributed by atoms with Gasteiger partial charge in [0, 0.05) is 11.6 Å². The zero-order valence-corrected chi connectivity index (χ0v) is 12.4. The second-order valence-corrected chi connectivity index (χ2v) is 5.88. The van der Waals surface area contributed by atoms with Gasteiger partial charge in [0.05, 0.1) is 0 Å². The second-order valence-electron chi connectivity index (χ2n) is 4.87. The van der Waals surface area contributed by atoms with Crippen LogP contribution >= 0.6 is 11.3 Å². The van der Waals surface area contributed by atoms with Crippen LogP contribution in [0.1, 0.15) is 23.8 Å². The standard InChI is InChI=1S/C13H11F3N4O2S/c14-13(15,16)22-9-5-3-8(4-6-9)17-11(21)18-12-20-19-10(23-12)7-1-2-7/h3-7H,1-2H2,(H2,17,18,20,21). The highest BCUT2D eigenvalue weighted by molar-refractivity contribution is 7.15. The van der Waals surface area contributed by atoms with Crippen LogP contribution in [0, 0.1) is 0 Å². The summed E-state index contributed by atoms with van der Waals surface area (Å²) in [4.78, 5) is 11.8. The van der Waals surface area contributed by atoms with Crippen molar-refractivity contribution in [2.24, 2.45) is 0 Å². The molecule has 0 atom stereocenters. The van der Waals surface area contributed by atoms with E-state index >= 15 is 0 Å². The van der Waals surface area contributed by atoms with Gasteiger partial charge in [-0.25, -0.2) is 4.79 Å². The average Bonchev–Trinajstić information content (AvgIpc) is 3.20. The summed E-state index contributed by atoms with van der Waals surface area (Å²) in [6, 6.07) is 4.28. The van der Waals surface area contributed by atoms with Gasteiger partial charge in [-0.15, -0.1) is 23.4 Å². The zero-order valence-electron chi connectivity index (χ0n) is 11.6. The molecule has 0 unspecified atom stereocenters. The minimum atomic E-state index is -4.75. The highest BCUT2D eigenvalue weighted by Crippen LogP contribution is 2.42. The van der Waals surface area contributed by atoms with E-state index in [1.807, 2.05) is 0 Å². The Kier molecular flexibility index (Phi) is 4.07. The third kappa shape index (κ3) is 4.55. The van der Waals surface area contributed by atoms with Crippen LogP contribution in [0.2, 0.25) is 0 Å². The first kappa shape index (κ1) is 15.5. The van der Waals surface area contributed by atoms with Gasteiger partial charge in [0.15, 0.2) is 0 Å². The minimum absolute atomic E-state index is 0.323. The van der Waals surface area contributed by atoms with Crippen molar-refractivity contribution < 1.29 is 22.7 Å². The molecule has 6 nitrogen and oxygen atoms in total. The lowest BCUT2D eigenvalue weighted by Gasteiger charge is -2.09. The first-order valence-electron chi connectivity index (χ1n) is 6.66. The normalized spacial score (nSPS) is 14.4. The van der Waals surface area contributed by atoms with E-state index in [-0.39, 0.29) is 5.75 Å². The molecule has 2 amide bonds. The number of aromatic nitrogens is 2. The highest BCUT2D eigenvalue weighted by atomic mass is 32.1. The summed E-state index contributed by atoms with van der Waals surface area (Å²) >= 11 is 1.31. The lowest BCUT2D eigenvalue weighted by Crippen LogP contribution is -2.19. The fourth-order valence-corrected chi connectivity index (χ4v) is 2.69. The molecule has 1 saturated carbocycles. The van der Waals surface area contributed by atoms with Crippen LogP contribution in [0.25, 0.3) is 0 Å². The Morgan fingerprint density at radius 2 is 1.87 bits per heavy atom. The molecule has 23 heavy (non-hydrogen) atoms. The van der Waals surface area contributed by atoms with Gasteiger partial charge in [-0.2, -0.15) is 0 Å². The van der Waals surface area contributed by atoms with E-state index in [1.165, 1.54) is 23.5 Å². The quantitative estimate of drug-likeness (QED) is 0.880. The number of amides is 2. The molecule has 1 aromatic heterocycles. The van der Waals surface area contributed by atoms with Crippen molar-refractivity contribution in [1.82, 2.24) is 10.2 Å². The molecule has 1 fully saturated rings. The third-order valence-corrected chi connectivity index (χ3v) is 3.93. The number of carbonyl (C=O) groups excluding carboxylic acids is 1. The van der Waals surface area contributed by atoms with Crippen LogP contribution in [0.15, 0.2) is 24.3 Å². The van der Waals surface area contributed by atoms with Gasteiger partial charge in [-0.05, 0) is 37.1 Å². The Morgan fingerprint density at radius 1 is 1.17 bits per heavy atom. The van der Waals surface area contributed by atoms with Crippen LogP contribution in [0.4, 0.5) is 28.8 Å². The number of alkyl halides is 3. The first-order valence-corrected chi connectivity index (χ1v) is 7.48. The molecule has 1 aliphatic rings. The van der Waals surface area contributed by atoms with Crippen LogP contribution < -0.4 is 15.4 Å². The number of halogens is 3. The minimum Gasteiger partial charge on any atom is -0.406 e. The number of urea groups is 1. The molecule has 0 radical (unpaired) electrons. The Labute approximate surface area is 132 Å². The monoisotopic (exact) mass is 344 g/mol. The van der Waals surface area contributed by atoms with E-state index in [0.29, 0.717) is 16.7 Å². The number of nitrogens with zero attached hydrogens (tertiary/aromatic N) is 2. The van der Waals surface area contributed by atoms with Gasteiger partial charge in [0.1, 0.15) is 10.8 Å². The summed E-state index contributed by atoms with van der Waals surface area (Å²) in [6.07, 6.45) is -2.57. The number of hydrogen-bond donors (Lipinski definition) is 2. The van der Waals surface area contributed by atoms with Crippen molar-refractivity contribution in [3.8, 4) is 5.75 Å². The summed E-state index contributed by atoms with van der Waals surface area (Å²) in [5, 5.41) is 14.1. The number of ether oxygens (including phenoxy) is 1. The average molecular weight is 344 g/mol. The molecule has 3 rings (SSSR count). The van der Waals surface area contributed by atoms with Gasteiger partial charge >= 0.3 is 12.4 Å². The smallest absolute Gasteiger partial charge is 0.406 e. The maximum atomic E-state index is 12.0. The summed E-state index contributed by atoms with van der Waals surface area (Å²) in [5.74, 6) is 0.0916. The highest BCUT2D eigenvalue weighted by Gasteiger charge is 2.31. The van der Waals surface area contributed by atoms with Crippen molar-refractivity contribution in [1.29, 1.82) is 0 Å². The van der Waals surface area contributed by atoms with E-state index in [1.54, 1.807) is 0 Å². The Morgan fingerprint density at radius 3 is 2.48 bits per heavy atom. The molecule has 0 bridgehead atoms. The van der Waals surface area contributed by atoms with E-state index in [2.05, 4.69) is 25.6 Å². The molecule has 0 spiro atoms. The van der Waals surface area contributed by atoms with Gasteiger partial charge in [0.2, 0.25) is 5.13 Å². The van der Waals surface area contributed by atoms with Gasteiger partial charge in [-0.3, -0.25) is 5.32 Å². The van der Waals surface area contributed by atoms with E-state index in [0.717, 1.165) is 30.0 Å². The molecule has 1 aliphatic carbocycles. The lowest BCUT2D eigenvalue weighted by molar-refractivity contribution is -0.274. The molecule has 2 aromatic rings. The van der Waals surface area contributed by atoms with Crippen LogP contribution in [-0.4, -0.2) is 22.6 Å². The van der Waals surface area contributed by atoms with Crippen molar-refractivity contribution in [3.05, 3.63) is 29.3 Å². The van der Waals surface area contributed by atoms with Crippen LogP contribution in [-0.2, 0) is 0 Å². The molecule has 10 heteroatoms. The second kappa shape index (κ2) is 6.03. The predicted octanol–water partition coefficient (Wildman–Crippen LogP) is 3.96. The largest absolute Gasteiger partial charge is 0.573 e. The molecule has 0 saturated heterocycles. The van der Waals surface area contributed by atoms with Crippen molar-refractivity contribution in [3.63, 3.8) is 0 Å². The Bertz CT molecular complexity index is 698. The zero-order chi connectivity index (χ0) is 16.4. The fourth-order valence-electron chi connectivity index (χ4n) is 1.78. The molecular weight excluding hydrogens is 333 g/mol. The molecule has 1 aromatic carbocycles. The van der Waals surface area contributed by atoms with Crippen molar-refractivity contribution in [2.45, 2.75) is 25.1 Å². The number of hydrogen-bond acceptors (Lipinski definition) is 5.